The fourth-order valence-electron chi connectivity index (χ4n) is 1.72. The topological polar surface area (TPSA) is 48.4 Å². The second-order valence-corrected chi connectivity index (χ2v) is 6.88. The molecule has 0 aliphatic heterocycles. The van der Waals surface area contributed by atoms with Crippen LogP contribution in [-0.4, -0.2) is 18.2 Å². The number of hydrogen-bond acceptors (Lipinski definition) is 5. The highest BCUT2D eigenvalue weighted by molar-refractivity contribution is 7.53. The van der Waals surface area contributed by atoms with Crippen molar-refractivity contribution in [2.75, 3.05) is 13.2 Å². The molecule has 0 saturated heterocycles. The number of aromatic nitrogens is 1. The van der Waals surface area contributed by atoms with Gasteiger partial charge >= 0.3 is 7.60 Å². The van der Waals surface area contributed by atoms with Crippen LogP contribution in [0.4, 0.5) is 0 Å². The van der Waals surface area contributed by atoms with E-state index in [2.05, 4.69) is 4.98 Å². The molecule has 0 aliphatic rings. The van der Waals surface area contributed by atoms with Crippen molar-refractivity contribution in [2.24, 2.45) is 0 Å². The van der Waals surface area contributed by atoms with E-state index in [0.29, 0.717) is 19.4 Å². The summed E-state index contributed by atoms with van der Waals surface area (Å²) in [6.45, 7) is 4.41. The van der Waals surface area contributed by atoms with Crippen LogP contribution in [-0.2, 0) is 19.8 Å². The Kier molecular flexibility index (Phi) is 4.51. The van der Waals surface area contributed by atoms with Gasteiger partial charge in [-0.15, -0.1) is 11.3 Å². The lowest BCUT2D eigenvalue weighted by Crippen LogP contribution is -1.97. The minimum Gasteiger partial charge on any atom is -0.309 e. The van der Waals surface area contributed by atoms with Crippen molar-refractivity contribution in [1.29, 1.82) is 0 Å². The van der Waals surface area contributed by atoms with E-state index in [-0.39, 0.29) is 0 Å². The lowest BCUT2D eigenvalue weighted by atomic mass is 10.3. The Bertz CT molecular complexity index is 526. The zero-order valence-corrected chi connectivity index (χ0v) is 12.2. The van der Waals surface area contributed by atoms with Crippen LogP contribution in [0.2, 0.25) is 0 Å². The summed E-state index contributed by atoms with van der Waals surface area (Å²) in [5.41, 5.74) is 0. The predicted octanol–water partition coefficient (Wildman–Crippen LogP) is 4.06. The third kappa shape index (κ3) is 3.18. The summed E-state index contributed by atoms with van der Waals surface area (Å²) in [7, 11) is -3.01. The van der Waals surface area contributed by atoms with Crippen LogP contribution in [0.25, 0.3) is 10.2 Å². The first-order chi connectivity index (χ1) is 8.67. The summed E-state index contributed by atoms with van der Waals surface area (Å²) < 4.78 is 23.0. The van der Waals surface area contributed by atoms with Gasteiger partial charge in [0, 0.05) is 16.5 Å². The van der Waals surface area contributed by atoms with Crippen molar-refractivity contribution < 1.29 is 13.6 Å². The molecule has 0 bridgehead atoms. The molecule has 0 unspecified atom stereocenters. The van der Waals surface area contributed by atoms with Crippen molar-refractivity contribution >= 4 is 29.1 Å². The SMILES string of the molecule is CCOP(=O)(Cc1cc2cccnc2s1)OCC. The lowest BCUT2D eigenvalue weighted by molar-refractivity contribution is 0.219. The van der Waals surface area contributed by atoms with E-state index in [0.717, 1.165) is 15.1 Å². The number of pyridine rings is 1. The minimum absolute atomic E-state index is 0.315. The van der Waals surface area contributed by atoms with Crippen molar-refractivity contribution in [2.45, 2.75) is 20.0 Å². The van der Waals surface area contributed by atoms with Crippen molar-refractivity contribution in [3.8, 4) is 0 Å². The van der Waals surface area contributed by atoms with Crippen LogP contribution in [0.3, 0.4) is 0 Å². The summed E-state index contributed by atoms with van der Waals surface area (Å²) in [5.74, 6) is 0. The van der Waals surface area contributed by atoms with Crippen LogP contribution in [0.1, 0.15) is 18.7 Å². The van der Waals surface area contributed by atoms with E-state index in [1.165, 1.54) is 11.3 Å². The van der Waals surface area contributed by atoms with Crippen molar-refractivity contribution in [3.63, 3.8) is 0 Å². The maximum atomic E-state index is 12.4. The quantitative estimate of drug-likeness (QED) is 0.751. The van der Waals surface area contributed by atoms with E-state index in [4.69, 9.17) is 9.05 Å². The number of hydrogen-bond donors (Lipinski definition) is 0. The van der Waals surface area contributed by atoms with Crippen LogP contribution in [0, 0.1) is 0 Å². The largest absolute Gasteiger partial charge is 0.335 e. The normalized spacial score (nSPS) is 12.1. The van der Waals surface area contributed by atoms with E-state index < -0.39 is 7.60 Å². The molecule has 2 aromatic heterocycles. The molecule has 0 N–H and O–H groups in total. The highest BCUT2D eigenvalue weighted by Crippen LogP contribution is 2.52. The van der Waals surface area contributed by atoms with E-state index in [9.17, 15) is 4.57 Å². The highest BCUT2D eigenvalue weighted by Gasteiger charge is 2.25. The molecule has 0 fully saturated rings. The smallest absolute Gasteiger partial charge is 0.309 e. The van der Waals surface area contributed by atoms with E-state index >= 15 is 0 Å². The van der Waals surface area contributed by atoms with Crippen LogP contribution < -0.4 is 0 Å². The summed E-state index contributed by atoms with van der Waals surface area (Å²) in [6, 6.07) is 5.88. The zero-order chi connectivity index (χ0) is 13.0. The van der Waals surface area contributed by atoms with Gasteiger partial charge in [-0.05, 0) is 26.0 Å². The Morgan fingerprint density at radius 2 is 2.06 bits per heavy atom. The van der Waals surface area contributed by atoms with Crippen LogP contribution in [0.5, 0.6) is 0 Å². The van der Waals surface area contributed by atoms with Gasteiger partial charge in [-0.3, -0.25) is 4.57 Å². The number of nitrogens with zero attached hydrogens (tertiary/aromatic N) is 1. The maximum absolute atomic E-state index is 12.4. The molecular weight excluding hydrogens is 269 g/mol. The standard InChI is InChI=1S/C12H16NO3PS/c1-3-15-17(14,16-4-2)9-11-8-10-6-5-7-13-12(10)18-11/h5-8H,3-4,9H2,1-2H3. The monoisotopic (exact) mass is 285 g/mol. The third-order valence-electron chi connectivity index (χ3n) is 2.35. The lowest BCUT2D eigenvalue weighted by Gasteiger charge is -2.15. The van der Waals surface area contributed by atoms with Gasteiger partial charge in [0.15, 0.2) is 0 Å². The second kappa shape index (κ2) is 5.93. The second-order valence-electron chi connectivity index (χ2n) is 3.72. The Labute approximate surface area is 110 Å². The van der Waals surface area contributed by atoms with Gasteiger partial charge in [-0.1, -0.05) is 6.07 Å². The van der Waals surface area contributed by atoms with Gasteiger partial charge in [0.05, 0.1) is 19.4 Å². The van der Waals surface area contributed by atoms with Gasteiger partial charge < -0.3 is 9.05 Å². The van der Waals surface area contributed by atoms with Crippen LogP contribution >= 0.6 is 18.9 Å². The van der Waals surface area contributed by atoms with E-state index in [1.54, 1.807) is 6.20 Å². The summed E-state index contributed by atoms with van der Waals surface area (Å²) in [4.78, 5) is 6.20. The van der Waals surface area contributed by atoms with Gasteiger partial charge in [-0.25, -0.2) is 4.98 Å². The molecular formula is C12H16NO3PS. The number of thiophene rings is 1. The molecule has 0 saturated carbocycles. The molecule has 6 heteroatoms. The molecule has 98 valence electrons. The predicted molar refractivity (Wildman–Crippen MR) is 74.2 cm³/mol. The fraction of sp³-hybridized carbons (Fsp3) is 0.417. The number of fused-ring (bicyclic) bond motifs is 1. The molecule has 18 heavy (non-hydrogen) atoms. The Hall–Kier alpha value is -0.740. The van der Waals surface area contributed by atoms with Crippen LogP contribution in [0.15, 0.2) is 24.4 Å². The molecule has 2 rings (SSSR count). The third-order valence-corrected chi connectivity index (χ3v) is 5.65. The maximum Gasteiger partial charge on any atom is 0.335 e. The fourth-order valence-corrected chi connectivity index (χ4v) is 4.76. The van der Waals surface area contributed by atoms with Gasteiger partial charge in [0.1, 0.15) is 4.83 Å². The average molecular weight is 285 g/mol. The molecule has 0 aliphatic carbocycles. The Morgan fingerprint density at radius 3 is 2.67 bits per heavy atom. The van der Waals surface area contributed by atoms with E-state index in [1.807, 2.05) is 32.0 Å². The summed E-state index contributed by atoms with van der Waals surface area (Å²) in [6.07, 6.45) is 2.07. The average Bonchev–Trinajstić information content (AvgIpc) is 2.70. The van der Waals surface area contributed by atoms with Crippen molar-refractivity contribution in [1.82, 2.24) is 4.98 Å². The molecule has 0 atom stereocenters. The first kappa shape index (κ1) is 13.7. The molecule has 0 radical (unpaired) electrons. The first-order valence-corrected chi connectivity index (χ1v) is 8.43. The van der Waals surface area contributed by atoms with Gasteiger partial charge in [0.2, 0.25) is 0 Å². The summed E-state index contributed by atoms with van der Waals surface area (Å²) >= 11 is 1.53. The molecule has 2 aromatic rings. The highest BCUT2D eigenvalue weighted by atomic mass is 32.1. The molecule has 0 aromatic carbocycles. The Morgan fingerprint density at radius 1 is 1.33 bits per heavy atom. The zero-order valence-electron chi connectivity index (χ0n) is 10.5. The minimum atomic E-state index is -3.01. The van der Waals surface area contributed by atoms with Gasteiger partial charge in [-0.2, -0.15) is 0 Å². The molecule has 2 heterocycles. The first-order valence-electron chi connectivity index (χ1n) is 5.88. The summed E-state index contributed by atoms with van der Waals surface area (Å²) in [5, 5.41) is 1.07. The Balaban J connectivity index is 2.23. The van der Waals surface area contributed by atoms with Crippen molar-refractivity contribution in [3.05, 3.63) is 29.3 Å². The molecule has 4 nitrogen and oxygen atoms in total. The van der Waals surface area contributed by atoms with Gasteiger partial charge in [0.25, 0.3) is 0 Å². The number of rotatable bonds is 6. The molecule has 0 amide bonds. The molecule has 0 spiro atoms.